The van der Waals surface area contributed by atoms with E-state index in [4.69, 9.17) is 9.47 Å². The molecule has 0 amide bonds. The van der Waals surface area contributed by atoms with Gasteiger partial charge in [-0.1, -0.05) is 84.5 Å². The SMILES string of the molecule is CCCCCCCOc1ccc(-c2ncc(OCCCCCCC[Si](C)=CC[Si](C)(C)C)cn2)cc1. The Kier molecular flexibility index (Phi) is 14.9. The third kappa shape index (κ3) is 14.1. The summed E-state index contributed by atoms with van der Waals surface area (Å²) in [6, 6.07) is 10.9. The minimum Gasteiger partial charge on any atom is -0.494 e. The van der Waals surface area contributed by atoms with Gasteiger partial charge in [-0.15, -0.1) is 5.67 Å². The molecule has 0 N–H and O–H groups in total. The molecule has 2 aromatic rings. The summed E-state index contributed by atoms with van der Waals surface area (Å²) in [6.45, 7) is 13.6. The van der Waals surface area contributed by atoms with E-state index in [0.717, 1.165) is 43.1 Å². The van der Waals surface area contributed by atoms with Crippen LogP contribution in [-0.2, 0) is 0 Å². The van der Waals surface area contributed by atoms with E-state index in [9.17, 15) is 0 Å². The van der Waals surface area contributed by atoms with Gasteiger partial charge >= 0.3 is 0 Å². The highest BCUT2D eigenvalue weighted by atomic mass is 28.3. The highest BCUT2D eigenvalue weighted by Crippen LogP contribution is 2.21. The summed E-state index contributed by atoms with van der Waals surface area (Å²) in [5.41, 5.74) is 3.66. The van der Waals surface area contributed by atoms with Gasteiger partial charge in [-0.2, -0.15) is 0 Å². The molecular formula is C30H50N2O2Si2. The number of rotatable bonds is 19. The van der Waals surface area contributed by atoms with Crippen molar-refractivity contribution in [3.8, 4) is 22.9 Å². The first-order valence-electron chi connectivity index (χ1n) is 14.2. The summed E-state index contributed by atoms with van der Waals surface area (Å²) in [7, 11) is -1.13. The first-order chi connectivity index (χ1) is 17.4. The molecule has 200 valence electrons. The molecule has 0 fully saturated rings. The monoisotopic (exact) mass is 526 g/mol. The molecule has 1 heterocycles. The van der Waals surface area contributed by atoms with Crippen LogP contribution >= 0.6 is 0 Å². The molecule has 1 aromatic carbocycles. The van der Waals surface area contributed by atoms with E-state index in [2.05, 4.69) is 48.8 Å². The predicted octanol–water partition coefficient (Wildman–Crippen LogP) is 8.67. The molecular weight excluding hydrogens is 477 g/mol. The molecule has 0 aliphatic rings. The summed E-state index contributed by atoms with van der Waals surface area (Å²) >= 11 is 0. The molecule has 4 nitrogen and oxygen atoms in total. The molecule has 1 aromatic heterocycles. The van der Waals surface area contributed by atoms with E-state index < -0.39 is 8.07 Å². The van der Waals surface area contributed by atoms with Crippen LogP contribution < -0.4 is 9.47 Å². The maximum atomic E-state index is 5.86. The quantitative estimate of drug-likeness (QED) is 0.136. The lowest BCUT2D eigenvalue weighted by molar-refractivity contribution is 0.302. The van der Waals surface area contributed by atoms with Crippen LogP contribution in [0.4, 0.5) is 0 Å². The van der Waals surface area contributed by atoms with E-state index in [1.165, 1.54) is 63.5 Å². The lowest BCUT2D eigenvalue weighted by Crippen LogP contribution is -2.21. The number of nitrogens with zero attached hydrogens (tertiary/aromatic N) is 2. The zero-order chi connectivity index (χ0) is 26.1. The van der Waals surface area contributed by atoms with Gasteiger partial charge in [0.25, 0.3) is 0 Å². The molecule has 0 saturated carbocycles. The minimum atomic E-state index is -0.906. The summed E-state index contributed by atoms with van der Waals surface area (Å²) in [4.78, 5) is 8.99. The number of ether oxygens (including phenoxy) is 2. The minimum absolute atomic E-state index is 0.224. The number of hydrogen-bond acceptors (Lipinski definition) is 4. The maximum absolute atomic E-state index is 5.86. The largest absolute Gasteiger partial charge is 0.494 e. The van der Waals surface area contributed by atoms with E-state index in [-0.39, 0.29) is 8.41 Å². The zero-order valence-electron chi connectivity index (χ0n) is 23.7. The van der Waals surface area contributed by atoms with Crippen LogP contribution in [0.25, 0.3) is 11.4 Å². The van der Waals surface area contributed by atoms with Crippen molar-refractivity contribution in [1.82, 2.24) is 9.97 Å². The Labute approximate surface area is 223 Å². The van der Waals surface area contributed by atoms with Crippen LogP contribution in [-0.4, -0.2) is 45.3 Å². The van der Waals surface area contributed by atoms with Crippen LogP contribution in [0, 0.1) is 0 Å². The average molecular weight is 527 g/mol. The smallest absolute Gasteiger partial charge is 0.159 e. The van der Waals surface area contributed by atoms with Crippen LogP contribution in [0.5, 0.6) is 11.5 Å². The Bertz CT molecular complexity index is 862. The fraction of sp³-hybridized carbons (Fsp3) is 0.633. The summed E-state index contributed by atoms with van der Waals surface area (Å²) in [5.74, 6) is 2.37. The summed E-state index contributed by atoms with van der Waals surface area (Å²) in [5, 5.41) is 0. The third-order valence-corrected chi connectivity index (χ3v) is 10.2. The molecule has 0 aliphatic carbocycles. The highest BCUT2D eigenvalue weighted by molar-refractivity contribution is 6.82. The molecule has 6 heteroatoms. The van der Waals surface area contributed by atoms with Gasteiger partial charge in [0.15, 0.2) is 11.6 Å². The van der Waals surface area contributed by atoms with Crippen LogP contribution in [0.1, 0.15) is 71.1 Å². The molecule has 0 bridgehead atoms. The number of benzene rings is 1. The Morgan fingerprint density at radius 3 is 1.92 bits per heavy atom. The number of aromatic nitrogens is 2. The van der Waals surface area contributed by atoms with Gasteiger partial charge in [0.1, 0.15) is 5.75 Å². The van der Waals surface area contributed by atoms with Gasteiger partial charge in [-0.25, -0.2) is 9.97 Å². The Morgan fingerprint density at radius 2 is 1.31 bits per heavy atom. The third-order valence-electron chi connectivity index (χ3n) is 6.30. The van der Waals surface area contributed by atoms with Gasteiger partial charge in [0.05, 0.1) is 25.6 Å². The molecule has 0 atom stereocenters. The molecule has 36 heavy (non-hydrogen) atoms. The Hall–Kier alpha value is -1.80. The zero-order valence-corrected chi connectivity index (χ0v) is 25.7. The van der Waals surface area contributed by atoms with Crippen molar-refractivity contribution in [1.29, 1.82) is 0 Å². The van der Waals surface area contributed by atoms with Crippen LogP contribution in [0.15, 0.2) is 36.7 Å². The predicted molar refractivity (Wildman–Crippen MR) is 161 cm³/mol. The Balaban J connectivity index is 1.58. The first-order valence-corrected chi connectivity index (χ1v) is 20.2. The molecule has 2 rings (SSSR count). The average Bonchev–Trinajstić information content (AvgIpc) is 2.87. The summed E-state index contributed by atoms with van der Waals surface area (Å²) < 4.78 is 11.7. The topological polar surface area (TPSA) is 44.2 Å². The fourth-order valence-electron chi connectivity index (χ4n) is 3.94. The highest BCUT2D eigenvalue weighted by Gasteiger charge is 2.10. The molecule has 0 aliphatic heterocycles. The second kappa shape index (κ2) is 17.6. The van der Waals surface area contributed by atoms with Gasteiger partial charge in [0.2, 0.25) is 0 Å². The van der Waals surface area contributed by atoms with Crippen molar-refractivity contribution in [2.45, 2.75) is 109 Å². The van der Waals surface area contributed by atoms with Gasteiger partial charge in [0, 0.05) is 22.0 Å². The van der Waals surface area contributed by atoms with E-state index in [1.54, 1.807) is 12.4 Å². The first kappa shape index (κ1) is 30.4. The van der Waals surface area contributed by atoms with Crippen molar-refractivity contribution >= 4 is 22.2 Å². The van der Waals surface area contributed by atoms with Crippen molar-refractivity contribution < 1.29 is 9.47 Å². The van der Waals surface area contributed by atoms with E-state index in [0.29, 0.717) is 5.82 Å². The number of hydrogen-bond donors (Lipinski definition) is 0. The molecule has 0 radical (unpaired) electrons. The van der Waals surface area contributed by atoms with Gasteiger partial charge in [-0.05, 0) is 49.2 Å². The lowest BCUT2D eigenvalue weighted by Gasteiger charge is -2.13. The van der Waals surface area contributed by atoms with Crippen LogP contribution in [0.3, 0.4) is 0 Å². The standard InChI is InChI=1S/C30H50N2O2Si2/c1-6-7-8-10-13-20-33-28-18-16-27(17-19-28)30-31-25-29(26-32-30)34-21-14-11-9-12-15-22-35(2)23-24-36(3,4)5/h16-19,23,25-26H,6-15,20-22,24H2,1-5H3. The normalized spacial score (nSPS) is 12.1. The maximum Gasteiger partial charge on any atom is 0.159 e. The molecule has 0 saturated heterocycles. The van der Waals surface area contributed by atoms with Crippen molar-refractivity contribution in [2.24, 2.45) is 0 Å². The van der Waals surface area contributed by atoms with Crippen molar-refractivity contribution in [3.63, 3.8) is 0 Å². The van der Waals surface area contributed by atoms with E-state index in [1.807, 2.05) is 24.3 Å². The lowest BCUT2D eigenvalue weighted by atomic mass is 10.2. The summed E-state index contributed by atoms with van der Waals surface area (Å²) in [6.07, 6.45) is 16.2. The van der Waals surface area contributed by atoms with Crippen molar-refractivity contribution in [3.05, 3.63) is 36.7 Å². The Morgan fingerprint density at radius 1 is 0.750 bits per heavy atom. The molecule has 0 unspecified atom stereocenters. The number of unbranched alkanes of at least 4 members (excludes halogenated alkanes) is 8. The van der Waals surface area contributed by atoms with E-state index >= 15 is 0 Å². The second-order valence-corrected chi connectivity index (χ2v) is 19.3. The second-order valence-electron chi connectivity index (χ2n) is 11.2. The van der Waals surface area contributed by atoms with Crippen LogP contribution in [0.2, 0.25) is 38.3 Å². The fourth-order valence-corrected chi connectivity index (χ4v) is 8.80. The van der Waals surface area contributed by atoms with Gasteiger partial charge < -0.3 is 9.47 Å². The van der Waals surface area contributed by atoms with Crippen molar-refractivity contribution in [2.75, 3.05) is 13.2 Å². The van der Waals surface area contributed by atoms with Gasteiger partial charge in [-0.3, -0.25) is 0 Å². The molecule has 0 spiro atoms.